The Bertz CT molecular complexity index is 2860. The maximum Gasteiger partial charge on any atom is 0.344 e. The van der Waals surface area contributed by atoms with E-state index in [0.29, 0.717) is 21.5 Å². The van der Waals surface area contributed by atoms with E-state index < -0.39 is 79.9 Å². The summed E-state index contributed by atoms with van der Waals surface area (Å²) in [6.07, 6.45) is 1.31. The Balaban J connectivity index is 1.25. The lowest BCUT2D eigenvalue weighted by Gasteiger charge is -2.13. The molecule has 5 aromatic carbocycles. The first kappa shape index (κ1) is 49.8. The smallest absolute Gasteiger partial charge is 0.344 e. The predicted octanol–water partition coefficient (Wildman–Crippen LogP) is 6.12. The highest BCUT2D eigenvalue weighted by molar-refractivity contribution is 6.12. The summed E-state index contributed by atoms with van der Waals surface area (Å²) in [5, 5.41) is 2.22. The number of carbonyl (C=O) groups excluding carboxylic acids is 10. The molecule has 0 heterocycles. The van der Waals surface area contributed by atoms with Gasteiger partial charge in [-0.2, -0.15) is 0 Å². The molecule has 19 nitrogen and oxygen atoms in total. The van der Waals surface area contributed by atoms with Gasteiger partial charge in [-0.25, -0.2) is 24.0 Å². The molecule has 0 aliphatic rings. The number of ether oxygens (including phenoxy) is 9. The standard InChI is InChI=1S/C49H38O19/c1-4-40(50)60-26-63-43(53)17-19-45(55)66-36-14-11-29-21-33(9-7-31(29)23-36)47(57)34-13-16-39(38(25-34)49(59)65-28-62-42(52)6-3)68-48(58)35-10-8-32-24-37(15-12-30(32)22-35)67-46(56)20-18-44(54)64-27-61-41(51)5-2/h4-16,21-25H,1-3,17-20,26-28H2. The summed E-state index contributed by atoms with van der Waals surface area (Å²) in [7, 11) is 0. The number of hydrogen-bond acceptors (Lipinski definition) is 19. The van der Waals surface area contributed by atoms with Crippen LogP contribution in [0.5, 0.6) is 17.2 Å². The van der Waals surface area contributed by atoms with Gasteiger partial charge in [0.25, 0.3) is 0 Å². The van der Waals surface area contributed by atoms with E-state index >= 15 is 0 Å². The van der Waals surface area contributed by atoms with Crippen LogP contribution in [0.25, 0.3) is 21.5 Å². The van der Waals surface area contributed by atoms with Crippen molar-refractivity contribution < 1.29 is 90.6 Å². The van der Waals surface area contributed by atoms with E-state index in [1.165, 1.54) is 54.6 Å². The molecule has 0 atom stereocenters. The van der Waals surface area contributed by atoms with Gasteiger partial charge >= 0.3 is 53.7 Å². The molecule has 0 fully saturated rings. The average molecular weight is 931 g/mol. The number of rotatable bonds is 22. The van der Waals surface area contributed by atoms with Crippen molar-refractivity contribution in [3.63, 3.8) is 0 Å². The van der Waals surface area contributed by atoms with Crippen LogP contribution in [0.15, 0.2) is 129 Å². The van der Waals surface area contributed by atoms with Gasteiger partial charge in [-0.15, -0.1) is 0 Å². The molecule has 5 rings (SSSR count). The van der Waals surface area contributed by atoms with Gasteiger partial charge in [0, 0.05) is 29.4 Å². The fourth-order valence-corrected chi connectivity index (χ4v) is 5.71. The first-order chi connectivity index (χ1) is 32.6. The lowest BCUT2D eigenvalue weighted by Crippen LogP contribution is -2.16. The topological polar surface area (TPSA) is 254 Å². The zero-order valence-electron chi connectivity index (χ0n) is 35.7. The lowest BCUT2D eigenvalue weighted by molar-refractivity contribution is -0.166. The molecule has 0 saturated heterocycles. The second-order valence-corrected chi connectivity index (χ2v) is 13.6. The van der Waals surface area contributed by atoms with Gasteiger partial charge in [-0.1, -0.05) is 50.1 Å². The number of benzene rings is 5. The SMILES string of the molecule is C=CC(=O)OCOC(=O)CCC(=O)Oc1ccc2cc(C(=O)Oc3ccc(C(=O)c4ccc5cc(OC(=O)CCC(=O)OCOC(=O)C=C)ccc5c4)cc3C(=O)OCOC(=O)C=C)ccc2c1. The number of fused-ring (bicyclic) bond motifs is 2. The maximum atomic E-state index is 13.8. The third-order valence-corrected chi connectivity index (χ3v) is 9.05. The molecule has 0 aliphatic heterocycles. The van der Waals surface area contributed by atoms with Crippen LogP contribution in [0.1, 0.15) is 62.3 Å². The van der Waals surface area contributed by atoms with E-state index in [2.05, 4.69) is 29.2 Å². The van der Waals surface area contributed by atoms with Gasteiger partial charge in [0.1, 0.15) is 22.8 Å². The molecule has 68 heavy (non-hydrogen) atoms. The highest BCUT2D eigenvalue weighted by Gasteiger charge is 2.23. The van der Waals surface area contributed by atoms with Crippen LogP contribution in [0.2, 0.25) is 0 Å². The number of carbonyl (C=O) groups is 10. The lowest BCUT2D eigenvalue weighted by atomic mass is 9.98. The van der Waals surface area contributed by atoms with Crippen LogP contribution in [0.4, 0.5) is 0 Å². The Morgan fingerprint density at radius 2 is 0.779 bits per heavy atom. The van der Waals surface area contributed by atoms with E-state index in [1.807, 2.05) is 0 Å². The van der Waals surface area contributed by atoms with Crippen molar-refractivity contribution in [3.05, 3.63) is 151 Å². The van der Waals surface area contributed by atoms with Gasteiger partial charge in [0.2, 0.25) is 20.4 Å². The molecule has 0 amide bonds. The van der Waals surface area contributed by atoms with Crippen molar-refractivity contribution in [2.75, 3.05) is 20.4 Å². The molecular formula is C49H38O19. The quantitative estimate of drug-likeness (QED) is 0.0189. The van der Waals surface area contributed by atoms with Crippen molar-refractivity contribution in [2.45, 2.75) is 25.7 Å². The molecule has 0 N–H and O–H groups in total. The van der Waals surface area contributed by atoms with Crippen molar-refractivity contribution in [2.24, 2.45) is 0 Å². The zero-order valence-corrected chi connectivity index (χ0v) is 35.7. The number of ketones is 1. The number of esters is 9. The summed E-state index contributed by atoms with van der Waals surface area (Å²) in [4.78, 5) is 123. The Labute approximate surface area is 385 Å². The minimum atomic E-state index is -1.11. The largest absolute Gasteiger partial charge is 0.428 e. The minimum absolute atomic E-state index is 0.0178. The molecule has 0 radical (unpaired) electrons. The van der Waals surface area contributed by atoms with Gasteiger partial charge < -0.3 is 42.6 Å². The average Bonchev–Trinajstić information content (AvgIpc) is 3.34. The van der Waals surface area contributed by atoms with Crippen molar-refractivity contribution in [1.29, 1.82) is 0 Å². The molecule has 0 bridgehead atoms. The third-order valence-electron chi connectivity index (χ3n) is 9.05. The second kappa shape index (κ2) is 24.1. The van der Waals surface area contributed by atoms with Crippen LogP contribution in [0, 0.1) is 0 Å². The highest BCUT2D eigenvalue weighted by atomic mass is 16.7. The van der Waals surface area contributed by atoms with Crippen molar-refractivity contribution in [3.8, 4) is 17.2 Å². The fourth-order valence-electron chi connectivity index (χ4n) is 5.71. The normalized spacial score (nSPS) is 10.4. The predicted molar refractivity (Wildman–Crippen MR) is 234 cm³/mol. The first-order valence-electron chi connectivity index (χ1n) is 19.9. The van der Waals surface area contributed by atoms with Crippen LogP contribution in [0.3, 0.4) is 0 Å². The zero-order chi connectivity index (χ0) is 49.2. The van der Waals surface area contributed by atoms with Crippen LogP contribution < -0.4 is 14.2 Å². The van der Waals surface area contributed by atoms with Gasteiger partial charge in [-0.05, 0) is 82.2 Å². The summed E-state index contributed by atoms with van der Waals surface area (Å²) in [5.41, 5.74) is -0.163. The van der Waals surface area contributed by atoms with E-state index in [-0.39, 0.29) is 65.2 Å². The summed E-state index contributed by atoms with van der Waals surface area (Å²) < 4.78 is 44.6. The molecule has 0 aliphatic carbocycles. The second-order valence-electron chi connectivity index (χ2n) is 13.6. The molecule has 5 aromatic rings. The molecule has 0 saturated carbocycles. The first-order valence-corrected chi connectivity index (χ1v) is 19.9. The van der Waals surface area contributed by atoms with Crippen LogP contribution >= 0.6 is 0 Å². The van der Waals surface area contributed by atoms with Crippen molar-refractivity contribution in [1.82, 2.24) is 0 Å². The van der Waals surface area contributed by atoms with Gasteiger partial charge in [-0.3, -0.25) is 24.0 Å². The van der Waals surface area contributed by atoms with Gasteiger partial charge in [0.05, 0.1) is 31.2 Å². The fraction of sp³-hybridized carbons (Fsp3) is 0.143. The molecule has 0 unspecified atom stereocenters. The molecular weight excluding hydrogens is 893 g/mol. The highest BCUT2D eigenvalue weighted by Crippen LogP contribution is 2.28. The monoisotopic (exact) mass is 930 g/mol. The molecule has 0 aromatic heterocycles. The Kier molecular flexibility index (Phi) is 17.7. The minimum Gasteiger partial charge on any atom is -0.428 e. The van der Waals surface area contributed by atoms with E-state index in [9.17, 15) is 47.9 Å². The molecule has 0 spiro atoms. The third kappa shape index (κ3) is 14.6. The summed E-state index contributed by atoms with van der Waals surface area (Å²) in [5.74, 6) is -8.11. The summed E-state index contributed by atoms with van der Waals surface area (Å²) >= 11 is 0. The molecule has 348 valence electrons. The maximum absolute atomic E-state index is 13.8. The van der Waals surface area contributed by atoms with E-state index in [4.69, 9.17) is 33.2 Å². The number of hydrogen-bond donors (Lipinski definition) is 0. The Morgan fingerprint density at radius 3 is 1.28 bits per heavy atom. The van der Waals surface area contributed by atoms with E-state index in [0.717, 1.165) is 24.3 Å². The van der Waals surface area contributed by atoms with Gasteiger partial charge in [0.15, 0.2) is 5.78 Å². The molecule has 19 heteroatoms. The van der Waals surface area contributed by atoms with Crippen LogP contribution in [-0.2, 0) is 62.0 Å². The summed E-state index contributed by atoms with van der Waals surface area (Å²) in [6, 6.07) is 21.9. The Morgan fingerprint density at radius 1 is 0.382 bits per heavy atom. The van der Waals surface area contributed by atoms with Crippen molar-refractivity contribution >= 4 is 81.1 Å². The Hall–Kier alpha value is -9.26. The van der Waals surface area contributed by atoms with Crippen LogP contribution in [-0.4, -0.2) is 79.9 Å². The van der Waals surface area contributed by atoms with E-state index in [1.54, 1.807) is 30.3 Å². The summed E-state index contributed by atoms with van der Waals surface area (Å²) in [6.45, 7) is 7.60.